The summed E-state index contributed by atoms with van der Waals surface area (Å²) in [5.41, 5.74) is -1.89. The number of aldehydes is 1. The van der Waals surface area contributed by atoms with Crippen LogP contribution in [0.25, 0.3) is 0 Å². The first-order valence-corrected chi connectivity index (χ1v) is 7.68. The zero-order valence-corrected chi connectivity index (χ0v) is 14.3. The van der Waals surface area contributed by atoms with E-state index in [9.17, 15) is 27.2 Å². The summed E-state index contributed by atoms with van der Waals surface area (Å²) in [5, 5.41) is 0. The van der Waals surface area contributed by atoms with Gasteiger partial charge in [0.25, 0.3) is 0 Å². The van der Waals surface area contributed by atoms with Crippen molar-refractivity contribution >= 4 is 12.3 Å². The number of carbonyl (C=O) groups excluding carboxylic acids is 2. The molecule has 2 atom stereocenters. The number of carbonyl (C=O) groups is 2. The number of ether oxygens (including phenoxy) is 1. The molecular formula is C18H18F4O3. The van der Waals surface area contributed by atoms with E-state index in [0.717, 1.165) is 6.92 Å². The summed E-state index contributed by atoms with van der Waals surface area (Å²) in [7, 11) is 0. The SMILES string of the molecule is C/C=C(/C=O)C1C(C(=O)OCc2c(F)c(F)c(C)c(F)c2F)C1(C)C. The first kappa shape index (κ1) is 19.1. The van der Waals surface area contributed by atoms with Crippen molar-refractivity contribution in [2.75, 3.05) is 0 Å². The highest BCUT2D eigenvalue weighted by atomic mass is 19.2. The standard InChI is InChI=1S/C18H18F4O3/c1-5-9(6-23)11-12(18(11,3)4)17(24)25-7-10-15(21)13(19)8(2)14(20)16(10)22/h5-6,11-12H,7H2,1-4H3/b9-5-. The number of rotatable bonds is 5. The first-order valence-electron chi connectivity index (χ1n) is 7.68. The molecule has 0 bridgehead atoms. The van der Waals surface area contributed by atoms with Crippen LogP contribution in [0.2, 0.25) is 0 Å². The zero-order valence-electron chi connectivity index (χ0n) is 14.3. The molecular weight excluding hydrogens is 340 g/mol. The number of halogens is 4. The van der Waals surface area contributed by atoms with E-state index in [1.165, 1.54) is 0 Å². The van der Waals surface area contributed by atoms with Crippen molar-refractivity contribution in [1.82, 2.24) is 0 Å². The maximum absolute atomic E-state index is 13.8. The summed E-state index contributed by atoms with van der Waals surface area (Å²) >= 11 is 0. The smallest absolute Gasteiger partial charge is 0.310 e. The number of hydrogen-bond donors (Lipinski definition) is 0. The van der Waals surface area contributed by atoms with E-state index in [1.54, 1.807) is 26.8 Å². The highest BCUT2D eigenvalue weighted by Crippen LogP contribution is 2.61. The maximum Gasteiger partial charge on any atom is 0.310 e. The third-order valence-corrected chi connectivity index (χ3v) is 4.84. The van der Waals surface area contributed by atoms with Gasteiger partial charge in [0.15, 0.2) is 23.3 Å². The van der Waals surface area contributed by atoms with Crippen LogP contribution in [0.15, 0.2) is 11.6 Å². The Bertz CT molecular complexity index is 739. The van der Waals surface area contributed by atoms with Gasteiger partial charge in [0.05, 0.1) is 11.5 Å². The topological polar surface area (TPSA) is 43.4 Å². The molecule has 1 aromatic rings. The van der Waals surface area contributed by atoms with E-state index in [-0.39, 0.29) is 5.92 Å². The normalized spacial score (nSPS) is 21.8. The summed E-state index contributed by atoms with van der Waals surface area (Å²) in [4.78, 5) is 23.2. The maximum atomic E-state index is 13.8. The van der Waals surface area contributed by atoms with E-state index in [0.29, 0.717) is 11.9 Å². The molecule has 3 nitrogen and oxygen atoms in total. The fourth-order valence-corrected chi connectivity index (χ4v) is 3.17. The van der Waals surface area contributed by atoms with Crippen LogP contribution in [-0.2, 0) is 20.9 Å². The van der Waals surface area contributed by atoms with E-state index in [4.69, 9.17) is 4.74 Å². The molecule has 7 heteroatoms. The molecule has 0 amide bonds. The van der Waals surface area contributed by atoms with Crippen molar-refractivity contribution in [2.24, 2.45) is 17.3 Å². The first-order chi connectivity index (χ1) is 11.6. The van der Waals surface area contributed by atoms with Gasteiger partial charge in [-0.25, -0.2) is 17.6 Å². The summed E-state index contributed by atoms with van der Waals surface area (Å²) in [6.45, 7) is 5.13. The Morgan fingerprint density at radius 2 is 1.60 bits per heavy atom. The molecule has 0 aliphatic heterocycles. The fraction of sp³-hybridized carbons (Fsp3) is 0.444. The van der Waals surface area contributed by atoms with Gasteiger partial charge in [-0.1, -0.05) is 19.9 Å². The van der Waals surface area contributed by atoms with E-state index < -0.39 is 58.3 Å². The van der Waals surface area contributed by atoms with Gasteiger partial charge in [-0.2, -0.15) is 0 Å². The number of esters is 1. The number of allylic oxidation sites excluding steroid dienone is 2. The van der Waals surface area contributed by atoms with Crippen molar-refractivity contribution < 1.29 is 31.9 Å². The Labute approximate surface area is 142 Å². The third-order valence-electron chi connectivity index (χ3n) is 4.84. The molecule has 2 unspecified atom stereocenters. The van der Waals surface area contributed by atoms with E-state index in [2.05, 4.69) is 0 Å². The average molecular weight is 358 g/mol. The Kier molecular flexibility index (Phi) is 5.06. The molecule has 0 aromatic heterocycles. The van der Waals surface area contributed by atoms with E-state index >= 15 is 0 Å². The second-order valence-electron chi connectivity index (χ2n) is 6.65. The Hall–Kier alpha value is -2.18. The highest BCUT2D eigenvalue weighted by Gasteiger charge is 2.63. The van der Waals surface area contributed by atoms with Crippen LogP contribution < -0.4 is 0 Å². The lowest BCUT2D eigenvalue weighted by Crippen LogP contribution is -2.14. The van der Waals surface area contributed by atoms with Crippen LogP contribution in [0.5, 0.6) is 0 Å². The van der Waals surface area contributed by atoms with Crippen molar-refractivity contribution in [3.05, 3.63) is 46.0 Å². The predicted molar refractivity (Wildman–Crippen MR) is 81.4 cm³/mol. The molecule has 0 spiro atoms. The van der Waals surface area contributed by atoms with Crippen LogP contribution in [0.1, 0.15) is 31.9 Å². The number of hydrogen-bond acceptors (Lipinski definition) is 3. The van der Waals surface area contributed by atoms with Crippen LogP contribution in [0.3, 0.4) is 0 Å². The highest BCUT2D eigenvalue weighted by molar-refractivity contribution is 5.84. The molecule has 0 radical (unpaired) electrons. The molecule has 0 N–H and O–H groups in total. The molecule has 1 aliphatic rings. The second-order valence-corrected chi connectivity index (χ2v) is 6.65. The van der Waals surface area contributed by atoms with Crippen LogP contribution in [0, 0.1) is 47.4 Å². The summed E-state index contributed by atoms with van der Waals surface area (Å²) < 4.78 is 59.6. The van der Waals surface area contributed by atoms with Crippen LogP contribution in [0.4, 0.5) is 17.6 Å². The lowest BCUT2D eigenvalue weighted by atomic mass is 10.0. The van der Waals surface area contributed by atoms with Gasteiger partial charge >= 0.3 is 5.97 Å². The molecule has 1 saturated carbocycles. The van der Waals surface area contributed by atoms with Gasteiger partial charge in [0, 0.05) is 11.5 Å². The van der Waals surface area contributed by atoms with Crippen LogP contribution >= 0.6 is 0 Å². The van der Waals surface area contributed by atoms with E-state index in [1.807, 2.05) is 0 Å². The molecule has 25 heavy (non-hydrogen) atoms. The monoisotopic (exact) mass is 358 g/mol. The summed E-state index contributed by atoms with van der Waals surface area (Å²) in [6.07, 6.45) is 2.22. The summed E-state index contributed by atoms with van der Waals surface area (Å²) in [6, 6.07) is 0. The molecule has 1 aromatic carbocycles. The lowest BCUT2D eigenvalue weighted by molar-refractivity contribution is -0.147. The second kappa shape index (κ2) is 6.61. The Morgan fingerprint density at radius 3 is 2.04 bits per heavy atom. The van der Waals surface area contributed by atoms with Crippen LogP contribution in [-0.4, -0.2) is 12.3 Å². The minimum atomic E-state index is -1.59. The number of benzene rings is 1. The lowest BCUT2D eigenvalue weighted by Gasteiger charge is -2.11. The minimum absolute atomic E-state index is 0.372. The molecule has 136 valence electrons. The molecule has 0 saturated heterocycles. The van der Waals surface area contributed by atoms with Gasteiger partial charge < -0.3 is 4.74 Å². The average Bonchev–Trinajstić information content (AvgIpc) is 3.14. The predicted octanol–water partition coefficient (Wildman–Crippen LogP) is 4.01. The van der Waals surface area contributed by atoms with Crippen molar-refractivity contribution in [2.45, 2.75) is 34.3 Å². The van der Waals surface area contributed by atoms with Gasteiger partial charge in [-0.05, 0) is 24.8 Å². The zero-order chi connectivity index (χ0) is 19.1. The molecule has 1 aliphatic carbocycles. The van der Waals surface area contributed by atoms with Gasteiger partial charge in [-0.3, -0.25) is 9.59 Å². The van der Waals surface area contributed by atoms with Crippen molar-refractivity contribution in [1.29, 1.82) is 0 Å². The van der Waals surface area contributed by atoms with Gasteiger partial charge in [-0.15, -0.1) is 0 Å². The Morgan fingerprint density at radius 1 is 1.08 bits per heavy atom. The third kappa shape index (κ3) is 3.07. The van der Waals surface area contributed by atoms with Gasteiger partial charge in [0.1, 0.15) is 12.9 Å². The molecule has 1 fully saturated rings. The quantitative estimate of drug-likeness (QED) is 0.263. The van der Waals surface area contributed by atoms with Gasteiger partial charge in [0.2, 0.25) is 0 Å². The fourth-order valence-electron chi connectivity index (χ4n) is 3.17. The Balaban J connectivity index is 2.18. The largest absolute Gasteiger partial charge is 0.460 e. The van der Waals surface area contributed by atoms with Crippen molar-refractivity contribution in [3.63, 3.8) is 0 Å². The molecule has 2 rings (SSSR count). The summed E-state index contributed by atoms with van der Waals surface area (Å²) in [5.74, 6) is -8.04. The van der Waals surface area contributed by atoms with Crippen molar-refractivity contribution in [3.8, 4) is 0 Å². The minimum Gasteiger partial charge on any atom is -0.460 e. The molecule has 0 heterocycles.